The maximum Gasteiger partial charge on any atom is 0.249 e. The lowest BCUT2D eigenvalue weighted by Gasteiger charge is -2.11. The van der Waals surface area contributed by atoms with Gasteiger partial charge in [-0.05, 0) is 25.0 Å². The Morgan fingerprint density at radius 3 is 2.68 bits per heavy atom. The number of nitrogens with zero attached hydrogens (tertiary/aromatic N) is 2. The lowest BCUT2D eigenvalue weighted by molar-refractivity contribution is -0.130. The summed E-state index contributed by atoms with van der Waals surface area (Å²) in [5.74, 6) is 0.757. The van der Waals surface area contributed by atoms with Crippen LogP contribution in [0.5, 0.6) is 0 Å². The average molecular weight is 377 g/mol. The number of para-hydroxylation sites is 2. The standard InChI is InChI=1S/C22H23N3O3/c26-19(16-7-2-1-3-8-16)15-25-18-10-5-4-9-17(18)24-21(25)12-13-23-22(27)20-11-6-14-28-20/h1-5,7-10,20H,6,11-15H2,(H,23,27). The van der Waals surface area contributed by atoms with Gasteiger partial charge in [-0.1, -0.05) is 42.5 Å². The monoisotopic (exact) mass is 377 g/mol. The van der Waals surface area contributed by atoms with Crippen molar-refractivity contribution in [3.63, 3.8) is 0 Å². The van der Waals surface area contributed by atoms with E-state index in [4.69, 9.17) is 4.74 Å². The smallest absolute Gasteiger partial charge is 0.249 e. The van der Waals surface area contributed by atoms with E-state index in [1.165, 1.54) is 0 Å². The molecular weight excluding hydrogens is 354 g/mol. The number of Topliss-reactive ketones (excluding diaryl/α,β-unsaturated/α-hetero) is 1. The van der Waals surface area contributed by atoms with Crippen molar-refractivity contribution in [1.29, 1.82) is 0 Å². The third-order valence-electron chi connectivity index (χ3n) is 5.00. The molecule has 6 heteroatoms. The average Bonchev–Trinajstić information content (AvgIpc) is 3.38. The maximum atomic E-state index is 12.7. The first-order valence-corrected chi connectivity index (χ1v) is 9.64. The Morgan fingerprint density at radius 2 is 1.89 bits per heavy atom. The summed E-state index contributed by atoms with van der Waals surface area (Å²) in [4.78, 5) is 29.5. The molecule has 1 aliphatic heterocycles. The fourth-order valence-electron chi connectivity index (χ4n) is 3.55. The predicted octanol–water partition coefficient (Wildman–Crippen LogP) is 2.76. The van der Waals surface area contributed by atoms with Crippen LogP contribution in [-0.4, -0.2) is 40.5 Å². The quantitative estimate of drug-likeness (QED) is 0.643. The maximum absolute atomic E-state index is 12.7. The molecule has 1 fully saturated rings. The van der Waals surface area contributed by atoms with Crippen molar-refractivity contribution in [2.45, 2.75) is 31.9 Å². The van der Waals surface area contributed by atoms with Gasteiger partial charge in [0.25, 0.3) is 0 Å². The molecule has 1 unspecified atom stereocenters. The number of hydrogen-bond acceptors (Lipinski definition) is 4. The number of aromatic nitrogens is 2. The molecule has 0 saturated carbocycles. The summed E-state index contributed by atoms with van der Waals surface area (Å²) in [6, 6.07) is 17.0. The number of carbonyl (C=O) groups excluding carboxylic acids is 2. The van der Waals surface area contributed by atoms with Gasteiger partial charge < -0.3 is 14.6 Å². The normalized spacial score (nSPS) is 16.4. The van der Waals surface area contributed by atoms with E-state index in [-0.39, 0.29) is 24.3 Å². The minimum absolute atomic E-state index is 0.0356. The SMILES string of the molecule is O=C(Cn1c(CCNC(=O)C2CCCO2)nc2ccccc21)c1ccccc1. The Morgan fingerprint density at radius 1 is 1.11 bits per heavy atom. The second-order valence-electron chi connectivity index (χ2n) is 6.93. The van der Waals surface area contributed by atoms with Gasteiger partial charge in [-0.3, -0.25) is 9.59 Å². The number of amides is 1. The van der Waals surface area contributed by atoms with E-state index >= 15 is 0 Å². The minimum Gasteiger partial charge on any atom is -0.368 e. The first-order chi connectivity index (χ1) is 13.7. The third-order valence-corrected chi connectivity index (χ3v) is 5.00. The largest absolute Gasteiger partial charge is 0.368 e. The molecular formula is C22H23N3O3. The zero-order valence-corrected chi connectivity index (χ0v) is 15.6. The van der Waals surface area contributed by atoms with E-state index < -0.39 is 0 Å². The highest BCUT2D eigenvalue weighted by Gasteiger charge is 2.23. The van der Waals surface area contributed by atoms with Crippen LogP contribution in [0.3, 0.4) is 0 Å². The summed E-state index contributed by atoms with van der Waals surface area (Å²) >= 11 is 0. The van der Waals surface area contributed by atoms with Gasteiger partial charge in [-0.25, -0.2) is 4.98 Å². The molecule has 0 aliphatic carbocycles. The second kappa shape index (κ2) is 8.35. The summed E-state index contributed by atoms with van der Waals surface area (Å²) in [6.45, 7) is 1.33. The van der Waals surface area contributed by atoms with Crippen molar-refractivity contribution in [2.75, 3.05) is 13.2 Å². The van der Waals surface area contributed by atoms with Crippen LogP contribution in [0, 0.1) is 0 Å². The van der Waals surface area contributed by atoms with Gasteiger partial charge in [0.1, 0.15) is 11.9 Å². The van der Waals surface area contributed by atoms with Crippen molar-refractivity contribution in [1.82, 2.24) is 14.9 Å². The van der Waals surface area contributed by atoms with Gasteiger partial charge in [0.15, 0.2) is 5.78 Å². The molecule has 4 rings (SSSR count). The van der Waals surface area contributed by atoms with Crippen LogP contribution in [0.25, 0.3) is 11.0 Å². The summed E-state index contributed by atoms with van der Waals surface area (Å²) in [7, 11) is 0. The number of ketones is 1. The van der Waals surface area contributed by atoms with Crippen molar-refractivity contribution in [3.8, 4) is 0 Å². The highest BCUT2D eigenvalue weighted by atomic mass is 16.5. The Kier molecular flexibility index (Phi) is 5.48. The summed E-state index contributed by atoms with van der Waals surface area (Å²) in [5.41, 5.74) is 2.45. The Bertz CT molecular complexity index is 975. The third kappa shape index (κ3) is 3.97. The molecule has 6 nitrogen and oxygen atoms in total. The van der Waals surface area contributed by atoms with Gasteiger partial charge in [-0.2, -0.15) is 0 Å². The zero-order valence-electron chi connectivity index (χ0n) is 15.6. The van der Waals surface area contributed by atoms with Crippen molar-refractivity contribution >= 4 is 22.7 Å². The summed E-state index contributed by atoms with van der Waals surface area (Å²) < 4.78 is 7.36. The van der Waals surface area contributed by atoms with Crippen LogP contribution in [0.2, 0.25) is 0 Å². The van der Waals surface area contributed by atoms with Gasteiger partial charge in [0.2, 0.25) is 5.91 Å². The van der Waals surface area contributed by atoms with E-state index in [9.17, 15) is 9.59 Å². The lowest BCUT2D eigenvalue weighted by Crippen LogP contribution is -2.35. The molecule has 1 amide bonds. The molecule has 0 radical (unpaired) electrons. The fraction of sp³-hybridized carbons (Fsp3) is 0.318. The van der Waals surface area contributed by atoms with E-state index in [1.807, 2.05) is 59.2 Å². The van der Waals surface area contributed by atoms with Crippen molar-refractivity contribution in [2.24, 2.45) is 0 Å². The molecule has 2 aromatic carbocycles. The number of benzene rings is 2. The highest BCUT2D eigenvalue weighted by Crippen LogP contribution is 2.18. The van der Waals surface area contributed by atoms with Crippen LogP contribution in [-0.2, 0) is 22.5 Å². The van der Waals surface area contributed by atoms with Gasteiger partial charge >= 0.3 is 0 Å². The van der Waals surface area contributed by atoms with Crippen molar-refractivity contribution < 1.29 is 14.3 Å². The fourth-order valence-corrected chi connectivity index (χ4v) is 3.55. The molecule has 0 bridgehead atoms. The van der Waals surface area contributed by atoms with E-state index in [1.54, 1.807) is 0 Å². The van der Waals surface area contributed by atoms with Crippen LogP contribution < -0.4 is 5.32 Å². The number of rotatable bonds is 7. The van der Waals surface area contributed by atoms with Gasteiger partial charge in [-0.15, -0.1) is 0 Å². The molecule has 2 heterocycles. The Hall–Kier alpha value is -2.99. The predicted molar refractivity (Wildman–Crippen MR) is 106 cm³/mol. The molecule has 1 saturated heterocycles. The zero-order chi connectivity index (χ0) is 19.3. The van der Waals surface area contributed by atoms with Crippen LogP contribution in [0.15, 0.2) is 54.6 Å². The first kappa shape index (κ1) is 18.4. The highest BCUT2D eigenvalue weighted by molar-refractivity contribution is 5.96. The van der Waals surface area contributed by atoms with Crippen molar-refractivity contribution in [3.05, 3.63) is 66.0 Å². The topological polar surface area (TPSA) is 73.2 Å². The molecule has 1 aromatic heterocycles. The van der Waals surface area contributed by atoms with E-state index in [0.717, 1.165) is 29.7 Å². The Balaban J connectivity index is 1.50. The number of carbonyl (C=O) groups is 2. The molecule has 1 N–H and O–H groups in total. The van der Waals surface area contributed by atoms with Gasteiger partial charge in [0.05, 0.1) is 17.6 Å². The van der Waals surface area contributed by atoms with E-state index in [2.05, 4.69) is 10.3 Å². The minimum atomic E-state index is -0.335. The summed E-state index contributed by atoms with van der Waals surface area (Å²) in [6.07, 6.45) is 1.92. The van der Waals surface area contributed by atoms with Crippen LogP contribution in [0.4, 0.5) is 0 Å². The van der Waals surface area contributed by atoms with Crippen LogP contribution >= 0.6 is 0 Å². The molecule has 0 spiro atoms. The lowest BCUT2D eigenvalue weighted by atomic mass is 10.1. The molecule has 1 aliphatic rings. The Labute approximate surface area is 163 Å². The number of fused-ring (bicyclic) bond motifs is 1. The molecule has 144 valence electrons. The molecule has 28 heavy (non-hydrogen) atoms. The van der Waals surface area contributed by atoms with Gasteiger partial charge in [0, 0.05) is 25.1 Å². The molecule has 3 aromatic rings. The van der Waals surface area contributed by atoms with E-state index in [0.29, 0.717) is 25.1 Å². The first-order valence-electron chi connectivity index (χ1n) is 9.64. The second-order valence-corrected chi connectivity index (χ2v) is 6.93. The number of hydrogen-bond donors (Lipinski definition) is 1. The number of ether oxygens (including phenoxy) is 1. The summed E-state index contributed by atoms with van der Waals surface area (Å²) in [5, 5.41) is 2.93. The van der Waals surface area contributed by atoms with Crippen LogP contribution in [0.1, 0.15) is 29.0 Å². The number of imidazole rings is 1. The molecule has 1 atom stereocenters. The number of nitrogens with one attached hydrogen (secondary N) is 1.